The van der Waals surface area contributed by atoms with Crippen LogP contribution in [0.5, 0.6) is 0 Å². The van der Waals surface area contributed by atoms with Gasteiger partial charge in [0, 0.05) is 27.4 Å². The third-order valence-electron chi connectivity index (χ3n) is 5.60. The molecule has 0 saturated carbocycles. The molecule has 0 aliphatic carbocycles. The molecule has 0 fully saturated rings. The molecule has 0 unspecified atom stereocenters. The van der Waals surface area contributed by atoms with Crippen LogP contribution in [0, 0.1) is 13.8 Å². The number of hydrogen-bond acceptors (Lipinski definition) is 3. The van der Waals surface area contributed by atoms with Crippen molar-refractivity contribution in [3.63, 3.8) is 0 Å². The maximum absolute atomic E-state index is 4.93. The SMILES string of the molecule is Cc1cc2cc(-c3cnc4ccc(-c5ccc6[nH]ccc6c5)nn34)sc2cc1C. The van der Waals surface area contributed by atoms with Crippen molar-refractivity contribution in [3.8, 4) is 21.8 Å². The first kappa shape index (κ1) is 16.5. The summed E-state index contributed by atoms with van der Waals surface area (Å²) in [5.41, 5.74) is 7.70. The zero-order valence-corrected chi connectivity index (χ0v) is 16.9. The Bertz CT molecular complexity index is 1490. The molecule has 1 N–H and O–H groups in total. The molecular weight excluding hydrogens is 376 g/mol. The number of nitrogens with zero attached hydrogens (tertiary/aromatic N) is 3. The quantitative estimate of drug-likeness (QED) is 0.370. The lowest BCUT2D eigenvalue weighted by atomic mass is 10.1. The van der Waals surface area contributed by atoms with Crippen LogP contribution in [0.3, 0.4) is 0 Å². The Hall–Kier alpha value is -3.44. The first-order valence-corrected chi connectivity index (χ1v) is 10.4. The Morgan fingerprint density at radius 2 is 1.79 bits per heavy atom. The minimum Gasteiger partial charge on any atom is -0.361 e. The van der Waals surface area contributed by atoms with Gasteiger partial charge in [-0.15, -0.1) is 11.3 Å². The largest absolute Gasteiger partial charge is 0.361 e. The first-order valence-electron chi connectivity index (χ1n) is 9.59. The van der Waals surface area contributed by atoms with Gasteiger partial charge in [0.1, 0.15) is 5.69 Å². The van der Waals surface area contributed by atoms with Crippen molar-refractivity contribution < 1.29 is 0 Å². The van der Waals surface area contributed by atoms with E-state index in [0.717, 1.165) is 28.1 Å². The fourth-order valence-electron chi connectivity index (χ4n) is 3.84. The Labute approximate surface area is 171 Å². The minimum absolute atomic E-state index is 0.858. The maximum Gasteiger partial charge on any atom is 0.154 e. The topological polar surface area (TPSA) is 46.0 Å². The van der Waals surface area contributed by atoms with Gasteiger partial charge in [-0.1, -0.05) is 12.1 Å². The van der Waals surface area contributed by atoms with Gasteiger partial charge in [0.25, 0.3) is 0 Å². The van der Waals surface area contributed by atoms with Crippen LogP contribution in [-0.4, -0.2) is 19.6 Å². The minimum atomic E-state index is 0.858. The summed E-state index contributed by atoms with van der Waals surface area (Å²) < 4.78 is 3.26. The Balaban J connectivity index is 1.52. The first-order chi connectivity index (χ1) is 14.2. The predicted octanol–water partition coefficient (Wildman–Crippen LogP) is 6.38. The van der Waals surface area contributed by atoms with E-state index in [9.17, 15) is 0 Å². The Morgan fingerprint density at radius 3 is 2.72 bits per heavy atom. The summed E-state index contributed by atoms with van der Waals surface area (Å²) in [6.45, 7) is 4.33. The van der Waals surface area contributed by atoms with E-state index >= 15 is 0 Å². The lowest BCUT2D eigenvalue weighted by molar-refractivity contribution is 0.951. The number of hydrogen-bond donors (Lipinski definition) is 1. The summed E-state index contributed by atoms with van der Waals surface area (Å²) in [4.78, 5) is 9.00. The van der Waals surface area contributed by atoms with Crippen LogP contribution >= 0.6 is 11.3 Å². The molecule has 0 saturated heterocycles. The zero-order chi connectivity index (χ0) is 19.5. The number of H-pyrrole nitrogens is 1. The fraction of sp³-hybridized carbons (Fsp3) is 0.0833. The van der Waals surface area contributed by atoms with Crippen LogP contribution < -0.4 is 0 Å². The molecule has 5 heteroatoms. The van der Waals surface area contributed by atoms with Gasteiger partial charge in [-0.05, 0) is 72.8 Å². The highest BCUT2D eigenvalue weighted by atomic mass is 32.1. The third kappa shape index (κ3) is 2.58. The summed E-state index contributed by atoms with van der Waals surface area (Å²) in [5, 5.41) is 7.39. The number of rotatable bonds is 2. The molecule has 0 spiro atoms. The molecule has 140 valence electrons. The van der Waals surface area contributed by atoms with Crippen LogP contribution in [-0.2, 0) is 0 Å². The number of nitrogens with one attached hydrogen (secondary N) is 1. The second kappa shape index (κ2) is 6.03. The van der Waals surface area contributed by atoms with Crippen LogP contribution in [0.2, 0.25) is 0 Å². The van der Waals surface area contributed by atoms with Gasteiger partial charge in [0.05, 0.1) is 16.8 Å². The monoisotopic (exact) mass is 394 g/mol. The number of thiophene rings is 1. The summed E-state index contributed by atoms with van der Waals surface area (Å²) in [5.74, 6) is 0. The lowest BCUT2D eigenvalue weighted by Crippen LogP contribution is -1.96. The van der Waals surface area contributed by atoms with Gasteiger partial charge in [-0.25, -0.2) is 9.50 Å². The molecule has 4 nitrogen and oxygen atoms in total. The summed E-state index contributed by atoms with van der Waals surface area (Å²) >= 11 is 1.79. The summed E-state index contributed by atoms with van der Waals surface area (Å²) in [6.07, 6.45) is 3.88. The molecule has 0 bridgehead atoms. The molecule has 0 amide bonds. The van der Waals surface area contributed by atoms with Gasteiger partial charge in [-0.2, -0.15) is 5.10 Å². The molecule has 0 radical (unpaired) electrons. The maximum atomic E-state index is 4.93. The third-order valence-corrected chi connectivity index (χ3v) is 6.72. The van der Waals surface area contributed by atoms with E-state index in [0.29, 0.717) is 0 Å². The van der Waals surface area contributed by atoms with Crippen LogP contribution in [0.25, 0.3) is 48.5 Å². The van der Waals surface area contributed by atoms with E-state index in [2.05, 4.69) is 66.3 Å². The van der Waals surface area contributed by atoms with E-state index in [1.165, 1.54) is 31.5 Å². The normalized spacial score (nSPS) is 11.8. The van der Waals surface area contributed by atoms with Gasteiger partial charge in [-0.3, -0.25) is 0 Å². The molecule has 4 aromatic heterocycles. The molecule has 4 heterocycles. The van der Waals surface area contributed by atoms with Gasteiger partial charge < -0.3 is 4.98 Å². The number of fused-ring (bicyclic) bond motifs is 3. The summed E-state index contributed by atoms with van der Waals surface area (Å²) in [7, 11) is 0. The van der Waals surface area contributed by atoms with E-state index in [-0.39, 0.29) is 0 Å². The van der Waals surface area contributed by atoms with Crippen molar-refractivity contribution in [3.05, 3.63) is 78.1 Å². The fourth-order valence-corrected chi connectivity index (χ4v) is 4.97. The van der Waals surface area contributed by atoms with E-state index in [4.69, 9.17) is 5.10 Å². The average Bonchev–Trinajstić information content (AvgIpc) is 3.44. The predicted molar refractivity (Wildman–Crippen MR) is 121 cm³/mol. The zero-order valence-electron chi connectivity index (χ0n) is 16.1. The standard InChI is InChI=1S/C24H18N4S/c1-14-9-18-12-23(29-22(18)10-15(14)2)21-13-26-24-6-5-20(27-28(21)24)16-3-4-19-17(11-16)7-8-25-19/h3-13,25H,1-2H3. The number of aromatic amines is 1. The molecule has 6 rings (SSSR count). The van der Waals surface area contributed by atoms with Crippen molar-refractivity contribution in [2.45, 2.75) is 13.8 Å². The van der Waals surface area contributed by atoms with Crippen molar-refractivity contribution >= 4 is 38.0 Å². The van der Waals surface area contributed by atoms with Crippen molar-refractivity contribution in [2.24, 2.45) is 0 Å². The molecule has 6 aromatic rings. The highest BCUT2D eigenvalue weighted by molar-refractivity contribution is 7.22. The smallest absolute Gasteiger partial charge is 0.154 e. The highest BCUT2D eigenvalue weighted by Gasteiger charge is 2.13. The second-order valence-electron chi connectivity index (χ2n) is 7.50. The van der Waals surface area contributed by atoms with Crippen LogP contribution in [0.1, 0.15) is 11.1 Å². The number of aromatic nitrogens is 4. The van der Waals surface area contributed by atoms with E-state index in [1.54, 1.807) is 11.3 Å². The van der Waals surface area contributed by atoms with Crippen LogP contribution in [0.4, 0.5) is 0 Å². The van der Waals surface area contributed by atoms with Gasteiger partial charge in [0.2, 0.25) is 0 Å². The Kier molecular flexibility index (Phi) is 3.43. The second-order valence-corrected chi connectivity index (χ2v) is 8.58. The number of benzene rings is 2. The molecule has 0 aliphatic heterocycles. The lowest BCUT2D eigenvalue weighted by Gasteiger charge is -2.04. The number of imidazole rings is 1. The molecule has 0 atom stereocenters. The van der Waals surface area contributed by atoms with Gasteiger partial charge in [0.15, 0.2) is 5.65 Å². The van der Waals surface area contributed by atoms with Crippen molar-refractivity contribution in [1.29, 1.82) is 0 Å². The van der Waals surface area contributed by atoms with E-state index in [1.807, 2.05) is 29.0 Å². The van der Waals surface area contributed by atoms with Crippen molar-refractivity contribution in [2.75, 3.05) is 0 Å². The molecular formula is C24H18N4S. The van der Waals surface area contributed by atoms with Crippen molar-refractivity contribution in [1.82, 2.24) is 19.6 Å². The van der Waals surface area contributed by atoms with E-state index < -0.39 is 0 Å². The summed E-state index contributed by atoms with van der Waals surface area (Å²) in [6, 6.07) is 19.3. The molecule has 2 aromatic carbocycles. The number of aryl methyl sites for hydroxylation is 2. The average molecular weight is 395 g/mol. The molecule has 0 aliphatic rings. The van der Waals surface area contributed by atoms with Crippen LogP contribution in [0.15, 0.2) is 67.0 Å². The Morgan fingerprint density at radius 1 is 0.897 bits per heavy atom. The molecule has 29 heavy (non-hydrogen) atoms. The van der Waals surface area contributed by atoms with Gasteiger partial charge >= 0.3 is 0 Å². The highest BCUT2D eigenvalue weighted by Crippen LogP contribution is 2.35.